The Morgan fingerprint density at radius 1 is 1.04 bits per heavy atom. The largest absolute Gasteiger partial charge is 0.357 e. The van der Waals surface area contributed by atoms with Crippen molar-refractivity contribution < 1.29 is 9.59 Å². The first-order valence-electron chi connectivity index (χ1n) is 9.36. The summed E-state index contributed by atoms with van der Waals surface area (Å²) in [6.07, 6.45) is 1.48. The van der Waals surface area contributed by atoms with Gasteiger partial charge in [0.25, 0.3) is 0 Å². The molecule has 0 saturated carbocycles. The van der Waals surface area contributed by atoms with Crippen molar-refractivity contribution in [1.82, 2.24) is 10.2 Å². The van der Waals surface area contributed by atoms with E-state index in [-0.39, 0.29) is 11.8 Å². The molecule has 0 aliphatic carbocycles. The van der Waals surface area contributed by atoms with Crippen LogP contribution in [0.2, 0.25) is 10.0 Å². The number of nitrogens with one attached hydrogen (secondary N) is 1. The average Bonchev–Trinajstić information content (AvgIpc) is 2.69. The van der Waals surface area contributed by atoms with Crippen LogP contribution in [0.3, 0.4) is 0 Å². The highest BCUT2D eigenvalue weighted by Crippen LogP contribution is 2.24. The number of carbonyl (C=O) groups is 2. The molecule has 0 fully saturated rings. The van der Waals surface area contributed by atoms with Crippen molar-refractivity contribution in [3.63, 3.8) is 0 Å². The summed E-state index contributed by atoms with van der Waals surface area (Å²) >= 11 is 12.1. The number of likely N-dealkylation sites (N-methyl/N-ethyl adjacent to an activating group) is 1. The molecule has 2 rings (SSSR count). The zero-order valence-corrected chi connectivity index (χ0v) is 18.0. The van der Waals surface area contributed by atoms with Gasteiger partial charge in [0, 0.05) is 20.0 Å². The van der Waals surface area contributed by atoms with Gasteiger partial charge < -0.3 is 10.2 Å². The first-order chi connectivity index (χ1) is 13.3. The maximum absolute atomic E-state index is 13.0. The van der Waals surface area contributed by atoms with Crippen molar-refractivity contribution in [3.8, 4) is 0 Å². The third-order valence-electron chi connectivity index (χ3n) is 4.72. The lowest BCUT2D eigenvalue weighted by Gasteiger charge is -2.30. The van der Waals surface area contributed by atoms with Gasteiger partial charge in [-0.25, -0.2) is 0 Å². The number of halogens is 2. The van der Waals surface area contributed by atoms with Gasteiger partial charge in [0.1, 0.15) is 6.04 Å². The Morgan fingerprint density at radius 3 is 2.25 bits per heavy atom. The molecule has 0 heterocycles. The molecule has 150 valence electrons. The minimum atomic E-state index is -0.537. The minimum absolute atomic E-state index is 0.0675. The number of nitrogens with zero attached hydrogens (tertiary/aromatic N) is 1. The van der Waals surface area contributed by atoms with E-state index in [1.807, 2.05) is 44.2 Å². The zero-order chi connectivity index (χ0) is 20.7. The molecule has 2 aromatic carbocycles. The number of aryl methyl sites for hydroxylation is 2. The first kappa shape index (κ1) is 22.3. The topological polar surface area (TPSA) is 49.4 Å². The Morgan fingerprint density at radius 2 is 1.68 bits per heavy atom. The fraction of sp³-hybridized carbons (Fsp3) is 0.364. The SMILES string of the molecule is CCC(C(=O)NC)N(Cc1ccc(Cl)c(Cl)c1)C(=O)CCc1ccc(C)cc1. The number of hydrogen-bond donors (Lipinski definition) is 1. The Labute approximate surface area is 176 Å². The number of hydrogen-bond acceptors (Lipinski definition) is 2. The van der Waals surface area contributed by atoms with E-state index in [0.29, 0.717) is 35.9 Å². The van der Waals surface area contributed by atoms with Crippen LogP contribution in [-0.4, -0.2) is 29.8 Å². The van der Waals surface area contributed by atoms with Gasteiger partial charge in [-0.1, -0.05) is 66.0 Å². The summed E-state index contributed by atoms with van der Waals surface area (Å²) in [5.74, 6) is -0.242. The molecule has 1 atom stereocenters. The molecule has 1 N–H and O–H groups in total. The predicted octanol–water partition coefficient (Wildman–Crippen LogP) is 4.79. The van der Waals surface area contributed by atoms with Gasteiger partial charge in [0.15, 0.2) is 0 Å². The summed E-state index contributed by atoms with van der Waals surface area (Å²) in [5.41, 5.74) is 3.11. The van der Waals surface area contributed by atoms with E-state index in [9.17, 15) is 9.59 Å². The third kappa shape index (κ3) is 5.98. The van der Waals surface area contributed by atoms with Crippen LogP contribution in [0.25, 0.3) is 0 Å². The van der Waals surface area contributed by atoms with Gasteiger partial charge in [0.2, 0.25) is 11.8 Å². The van der Waals surface area contributed by atoms with Gasteiger partial charge in [-0.2, -0.15) is 0 Å². The Bertz CT molecular complexity index is 822. The fourth-order valence-corrected chi connectivity index (χ4v) is 3.39. The molecule has 0 aliphatic rings. The molecule has 28 heavy (non-hydrogen) atoms. The predicted molar refractivity (Wildman–Crippen MR) is 115 cm³/mol. The van der Waals surface area contributed by atoms with E-state index in [4.69, 9.17) is 23.2 Å². The monoisotopic (exact) mass is 420 g/mol. The molecule has 4 nitrogen and oxygen atoms in total. The smallest absolute Gasteiger partial charge is 0.242 e. The van der Waals surface area contributed by atoms with E-state index in [1.54, 1.807) is 24.1 Å². The van der Waals surface area contributed by atoms with Gasteiger partial charge in [-0.3, -0.25) is 9.59 Å². The summed E-state index contributed by atoms with van der Waals surface area (Å²) in [4.78, 5) is 27.0. The highest BCUT2D eigenvalue weighted by Gasteiger charge is 2.27. The summed E-state index contributed by atoms with van der Waals surface area (Å²) in [5, 5.41) is 3.55. The summed E-state index contributed by atoms with van der Waals surface area (Å²) in [6, 6.07) is 12.9. The van der Waals surface area contributed by atoms with Crippen LogP contribution >= 0.6 is 23.2 Å². The van der Waals surface area contributed by atoms with Crippen molar-refractivity contribution >= 4 is 35.0 Å². The second kappa shape index (κ2) is 10.5. The molecule has 0 bridgehead atoms. The molecule has 2 aromatic rings. The maximum atomic E-state index is 13.0. The normalized spacial score (nSPS) is 11.8. The van der Waals surface area contributed by atoms with Gasteiger partial charge >= 0.3 is 0 Å². The summed E-state index contributed by atoms with van der Waals surface area (Å²) < 4.78 is 0. The number of rotatable bonds is 8. The van der Waals surface area contributed by atoms with Crippen molar-refractivity contribution in [2.75, 3.05) is 7.05 Å². The van der Waals surface area contributed by atoms with Crippen molar-refractivity contribution in [1.29, 1.82) is 0 Å². The molecular formula is C22H26Cl2N2O2. The third-order valence-corrected chi connectivity index (χ3v) is 5.46. The maximum Gasteiger partial charge on any atom is 0.242 e. The quantitative estimate of drug-likeness (QED) is 0.667. The van der Waals surface area contributed by atoms with Gasteiger partial charge in [-0.15, -0.1) is 0 Å². The highest BCUT2D eigenvalue weighted by molar-refractivity contribution is 6.42. The Hall–Kier alpha value is -2.04. The van der Waals surface area contributed by atoms with Crippen LogP contribution in [0.4, 0.5) is 0 Å². The molecule has 2 amide bonds. The fourth-order valence-electron chi connectivity index (χ4n) is 3.07. The van der Waals surface area contributed by atoms with Gasteiger partial charge in [0.05, 0.1) is 10.0 Å². The van der Waals surface area contributed by atoms with E-state index in [0.717, 1.165) is 11.1 Å². The molecule has 0 saturated heterocycles. The minimum Gasteiger partial charge on any atom is -0.357 e. The molecule has 1 unspecified atom stereocenters. The van der Waals surface area contributed by atoms with Crippen LogP contribution in [0.15, 0.2) is 42.5 Å². The summed E-state index contributed by atoms with van der Waals surface area (Å²) in [7, 11) is 1.58. The van der Waals surface area contributed by atoms with Gasteiger partial charge in [-0.05, 0) is 43.0 Å². The molecular weight excluding hydrogens is 395 g/mol. The Kier molecular flexibility index (Phi) is 8.34. The lowest BCUT2D eigenvalue weighted by Crippen LogP contribution is -2.48. The molecule has 0 aromatic heterocycles. The van der Waals surface area contributed by atoms with E-state index >= 15 is 0 Å². The van der Waals surface area contributed by atoms with Crippen LogP contribution in [0.5, 0.6) is 0 Å². The molecule has 0 aliphatic heterocycles. The number of benzene rings is 2. The van der Waals surface area contributed by atoms with E-state index < -0.39 is 6.04 Å². The van der Waals surface area contributed by atoms with Crippen LogP contribution < -0.4 is 5.32 Å². The number of amides is 2. The highest BCUT2D eigenvalue weighted by atomic mass is 35.5. The lowest BCUT2D eigenvalue weighted by molar-refractivity contribution is -0.141. The molecule has 0 spiro atoms. The standard InChI is InChI=1S/C22H26Cl2N2O2/c1-4-20(22(28)25-3)26(14-17-9-11-18(23)19(24)13-17)21(27)12-10-16-7-5-15(2)6-8-16/h5-9,11,13,20H,4,10,12,14H2,1-3H3,(H,25,28). The lowest BCUT2D eigenvalue weighted by atomic mass is 10.1. The van der Waals surface area contributed by atoms with Crippen LogP contribution in [-0.2, 0) is 22.6 Å². The summed E-state index contributed by atoms with van der Waals surface area (Å²) in [6.45, 7) is 4.23. The second-order valence-corrected chi connectivity index (χ2v) is 7.61. The first-order valence-corrected chi connectivity index (χ1v) is 10.1. The molecule has 6 heteroatoms. The van der Waals surface area contributed by atoms with Crippen LogP contribution in [0, 0.1) is 6.92 Å². The van der Waals surface area contributed by atoms with Crippen LogP contribution in [0.1, 0.15) is 36.5 Å². The average molecular weight is 421 g/mol. The second-order valence-electron chi connectivity index (χ2n) is 6.79. The van der Waals surface area contributed by atoms with E-state index in [2.05, 4.69) is 5.32 Å². The molecule has 0 radical (unpaired) electrons. The number of carbonyl (C=O) groups excluding carboxylic acids is 2. The van der Waals surface area contributed by atoms with Crippen molar-refractivity contribution in [2.24, 2.45) is 0 Å². The van der Waals surface area contributed by atoms with Crippen molar-refractivity contribution in [3.05, 3.63) is 69.2 Å². The zero-order valence-electron chi connectivity index (χ0n) is 16.5. The van der Waals surface area contributed by atoms with E-state index in [1.165, 1.54) is 5.56 Å². The Balaban J connectivity index is 2.20. The van der Waals surface area contributed by atoms with Crippen molar-refractivity contribution in [2.45, 2.75) is 45.7 Å².